The van der Waals surface area contributed by atoms with Gasteiger partial charge in [-0.1, -0.05) is 29.8 Å². The number of carbonyl (C=O) groups is 2. The standard InChI is InChI=1S/C19H21ClN4O3/c1-14(25)7-8-17(26)23-11-9-22(10-12-23)16-13-21-24(19(27)18(16)20)15-5-3-2-4-6-15/h2-6,13H,7-12H2,1H3. The van der Waals surface area contributed by atoms with Gasteiger partial charge in [-0.05, 0) is 19.1 Å². The van der Waals surface area contributed by atoms with Gasteiger partial charge in [0.1, 0.15) is 10.8 Å². The summed E-state index contributed by atoms with van der Waals surface area (Å²) in [6.45, 7) is 3.64. The van der Waals surface area contributed by atoms with Crippen molar-refractivity contribution in [2.45, 2.75) is 19.8 Å². The number of Topliss-reactive ketones (excluding diaryl/α,β-unsaturated/α-hetero) is 1. The summed E-state index contributed by atoms with van der Waals surface area (Å²) in [6.07, 6.45) is 2.10. The molecule has 142 valence electrons. The molecule has 1 fully saturated rings. The number of benzene rings is 1. The molecule has 0 aliphatic carbocycles. The average Bonchev–Trinajstić information content (AvgIpc) is 2.69. The molecule has 0 unspecified atom stereocenters. The number of para-hydroxylation sites is 1. The number of rotatable bonds is 5. The van der Waals surface area contributed by atoms with Gasteiger partial charge in [-0.25, -0.2) is 0 Å². The van der Waals surface area contributed by atoms with Crippen LogP contribution < -0.4 is 10.5 Å². The van der Waals surface area contributed by atoms with Crippen LogP contribution >= 0.6 is 11.6 Å². The summed E-state index contributed by atoms with van der Waals surface area (Å²) < 4.78 is 1.27. The van der Waals surface area contributed by atoms with Crippen LogP contribution in [-0.4, -0.2) is 52.5 Å². The minimum absolute atomic E-state index is 0.0128. The lowest BCUT2D eigenvalue weighted by molar-refractivity contribution is -0.133. The minimum atomic E-state index is -0.375. The van der Waals surface area contributed by atoms with Crippen LogP contribution in [0.2, 0.25) is 5.02 Å². The van der Waals surface area contributed by atoms with Gasteiger partial charge < -0.3 is 14.6 Å². The van der Waals surface area contributed by atoms with Gasteiger partial charge >= 0.3 is 0 Å². The van der Waals surface area contributed by atoms with Crippen molar-refractivity contribution in [3.8, 4) is 5.69 Å². The molecule has 3 rings (SSSR count). The van der Waals surface area contributed by atoms with E-state index in [0.717, 1.165) is 0 Å². The van der Waals surface area contributed by atoms with Gasteiger partial charge in [0.25, 0.3) is 5.56 Å². The topological polar surface area (TPSA) is 75.5 Å². The first-order chi connectivity index (χ1) is 13.0. The van der Waals surface area contributed by atoms with Gasteiger partial charge in [0, 0.05) is 39.0 Å². The Morgan fingerprint density at radius 3 is 2.37 bits per heavy atom. The first-order valence-corrected chi connectivity index (χ1v) is 9.20. The molecule has 8 heteroatoms. The zero-order valence-electron chi connectivity index (χ0n) is 15.1. The number of piperazine rings is 1. The van der Waals surface area contributed by atoms with E-state index in [-0.39, 0.29) is 35.1 Å². The number of amides is 1. The normalized spacial score (nSPS) is 14.3. The third-order valence-corrected chi connectivity index (χ3v) is 4.92. The largest absolute Gasteiger partial charge is 0.365 e. The molecule has 1 aliphatic heterocycles. The van der Waals surface area contributed by atoms with Crippen LogP contribution in [0, 0.1) is 0 Å². The Labute approximate surface area is 162 Å². The van der Waals surface area contributed by atoms with Crippen molar-refractivity contribution in [3.63, 3.8) is 0 Å². The summed E-state index contributed by atoms with van der Waals surface area (Å²) >= 11 is 6.33. The number of anilines is 1. The van der Waals surface area contributed by atoms with E-state index in [2.05, 4.69) is 5.10 Å². The Bertz CT molecular complexity index is 890. The number of carbonyl (C=O) groups excluding carboxylic acids is 2. The first-order valence-electron chi connectivity index (χ1n) is 8.83. The second-order valence-electron chi connectivity index (χ2n) is 6.47. The predicted molar refractivity (Wildman–Crippen MR) is 104 cm³/mol. The Kier molecular flexibility index (Phi) is 5.91. The Hall–Kier alpha value is -2.67. The maximum atomic E-state index is 12.6. The van der Waals surface area contributed by atoms with Gasteiger partial charge in [0.15, 0.2) is 0 Å². The summed E-state index contributed by atoms with van der Waals surface area (Å²) in [5, 5.41) is 4.36. The van der Waals surface area contributed by atoms with Crippen molar-refractivity contribution >= 4 is 29.0 Å². The zero-order valence-corrected chi connectivity index (χ0v) is 15.9. The molecule has 0 bridgehead atoms. The van der Waals surface area contributed by atoms with E-state index in [4.69, 9.17) is 11.6 Å². The van der Waals surface area contributed by atoms with E-state index in [0.29, 0.717) is 37.6 Å². The summed E-state index contributed by atoms with van der Waals surface area (Å²) in [4.78, 5) is 39.5. The smallest absolute Gasteiger partial charge is 0.292 e. The van der Waals surface area contributed by atoms with E-state index >= 15 is 0 Å². The zero-order chi connectivity index (χ0) is 19.4. The van der Waals surface area contributed by atoms with Crippen LogP contribution in [0.5, 0.6) is 0 Å². The molecule has 0 saturated carbocycles. The van der Waals surface area contributed by atoms with Crippen molar-refractivity contribution in [3.05, 3.63) is 51.9 Å². The van der Waals surface area contributed by atoms with Crippen LogP contribution in [0.3, 0.4) is 0 Å². The van der Waals surface area contributed by atoms with E-state index in [1.165, 1.54) is 11.6 Å². The minimum Gasteiger partial charge on any atom is -0.365 e. The third-order valence-electron chi connectivity index (χ3n) is 4.57. The Morgan fingerprint density at radius 2 is 1.74 bits per heavy atom. The third kappa shape index (κ3) is 4.36. The van der Waals surface area contributed by atoms with E-state index in [1.807, 2.05) is 23.1 Å². The lowest BCUT2D eigenvalue weighted by Crippen LogP contribution is -2.49. The molecule has 0 radical (unpaired) electrons. The van der Waals surface area contributed by atoms with Crippen LogP contribution in [0.15, 0.2) is 41.3 Å². The van der Waals surface area contributed by atoms with Gasteiger partial charge in [0.2, 0.25) is 5.91 Å². The highest BCUT2D eigenvalue weighted by Crippen LogP contribution is 2.23. The molecule has 2 aromatic rings. The SMILES string of the molecule is CC(=O)CCC(=O)N1CCN(c2cnn(-c3ccccc3)c(=O)c2Cl)CC1. The van der Waals surface area contributed by atoms with Gasteiger partial charge in [-0.2, -0.15) is 9.78 Å². The average molecular weight is 389 g/mol. The monoisotopic (exact) mass is 388 g/mol. The van der Waals surface area contributed by atoms with Crippen LogP contribution in [-0.2, 0) is 9.59 Å². The summed E-state index contributed by atoms with van der Waals surface area (Å²) in [5.41, 5.74) is 0.849. The number of hydrogen-bond acceptors (Lipinski definition) is 5. The number of ketones is 1. The fourth-order valence-corrected chi connectivity index (χ4v) is 3.28. The molecule has 1 aromatic carbocycles. The van der Waals surface area contributed by atoms with E-state index in [9.17, 15) is 14.4 Å². The van der Waals surface area contributed by atoms with Crippen LogP contribution in [0.1, 0.15) is 19.8 Å². The highest BCUT2D eigenvalue weighted by atomic mass is 35.5. The van der Waals surface area contributed by atoms with Crippen molar-refractivity contribution < 1.29 is 9.59 Å². The molecule has 1 saturated heterocycles. The lowest BCUT2D eigenvalue weighted by atomic mass is 10.2. The summed E-state index contributed by atoms with van der Waals surface area (Å²) in [6, 6.07) is 9.09. The number of halogens is 1. The molecule has 1 aromatic heterocycles. The molecule has 27 heavy (non-hydrogen) atoms. The molecule has 2 heterocycles. The maximum Gasteiger partial charge on any atom is 0.292 e. The quantitative estimate of drug-likeness (QED) is 0.782. The van der Waals surface area contributed by atoms with E-state index in [1.54, 1.807) is 23.2 Å². The Balaban J connectivity index is 1.70. The van der Waals surface area contributed by atoms with Crippen LogP contribution in [0.4, 0.5) is 5.69 Å². The van der Waals surface area contributed by atoms with Gasteiger partial charge in [-0.15, -0.1) is 0 Å². The van der Waals surface area contributed by atoms with Crippen molar-refractivity contribution in [2.24, 2.45) is 0 Å². The molecule has 7 nitrogen and oxygen atoms in total. The molecule has 1 aliphatic rings. The van der Waals surface area contributed by atoms with Crippen molar-refractivity contribution in [1.29, 1.82) is 0 Å². The molecule has 0 spiro atoms. The Morgan fingerprint density at radius 1 is 1.07 bits per heavy atom. The summed E-state index contributed by atoms with van der Waals surface area (Å²) in [7, 11) is 0. The van der Waals surface area contributed by atoms with Gasteiger partial charge in [-0.3, -0.25) is 9.59 Å². The van der Waals surface area contributed by atoms with E-state index < -0.39 is 0 Å². The van der Waals surface area contributed by atoms with Crippen molar-refractivity contribution in [2.75, 3.05) is 31.1 Å². The second kappa shape index (κ2) is 8.35. The molecular weight excluding hydrogens is 368 g/mol. The van der Waals surface area contributed by atoms with Gasteiger partial charge in [0.05, 0.1) is 17.6 Å². The first kappa shape index (κ1) is 19.1. The number of nitrogens with zero attached hydrogens (tertiary/aromatic N) is 4. The second-order valence-corrected chi connectivity index (χ2v) is 6.84. The van der Waals surface area contributed by atoms with Crippen LogP contribution in [0.25, 0.3) is 5.69 Å². The molecular formula is C19H21ClN4O3. The number of aromatic nitrogens is 2. The predicted octanol–water partition coefficient (Wildman–Crippen LogP) is 1.90. The van der Waals surface area contributed by atoms with Crippen molar-refractivity contribution in [1.82, 2.24) is 14.7 Å². The fourth-order valence-electron chi connectivity index (χ4n) is 3.04. The highest BCUT2D eigenvalue weighted by molar-refractivity contribution is 6.33. The molecule has 0 atom stereocenters. The number of hydrogen-bond donors (Lipinski definition) is 0. The summed E-state index contributed by atoms with van der Waals surface area (Å²) in [5.74, 6) is -0.00705. The fraction of sp³-hybridized carbons (Fsp3) is 0.368. The molecule has 1 amide bonds. The maximum absolute atomic E-state index is 12.6. The highest BCUT2D eigenvalue weighted by Gasteiger charge is 2.24. The molecule has 0 N–H and O–H groups in total. The lowest BCUT2D eigenvalue weighted by Gasteiger charge is -2.36.